The predicted molar refractivity (Wildman–Crippen MR) is 56.1 cm³/mol. The normalized spacial score (nSPS) is 13.9. The van der Waals surface area contributed by atoms with Crippen LogP contribution in [0.1, 0.15) is 20.3 Å². The molecule has 0 rings (SSSR count). The molecule has 0 aromatic carbocycles. The lowest BCUT2D eigenvalue weighted by atomic mass is 10.0. The van der Waals surface area contributed by atoms with Crippen molar-refractivity contribution in [1.82, 2.24) is 5.32 Å². The second-order valence-corrected chi connectivity index (χ2v) is 3.67. The Balaban J connectivity index is 3.79. The number of ether oxygens (including phenoxy) is 2. The van der Waals surface area contributed by atoms with Gasteiger partial charge in [0.2, 0.25) is 0 Å². The van der Waals surface area contributed by atoms with Gasteiger partial charge in [-0.3, -0.25) is 0 Å². The molecule has 4 heteroatoms. The molecule has 0 heterocycles. The van der Waals surface area contributed by atoms with Crippen LogP contribution in [-0.4, -0.2) is 44.8 Å². The molecule has 0 aliphatic rings. The minimum absolute atomic E-state index is 0.209. The van der Waals surface area contributed by atoms with Crippen molar-refractivity contribution in [1.29, 1.82) is 0 Å². The van der Waals surface area contributed by atoms with Gasteiger partial charge in [0.05, 0.1) is 0 Å². The maximum absolute atomic E-state index is 8.86. The zero-order chi connectivity index (χ0) is 11.0. The van der Waals surface area contributed by atoms with E-state index in [0.29, 0.717) is 18.5 Å². The lowest BCUT2D eigenvalue weighted by Gasteiger charge is -2.24. The summed E-state index contributed by atoms with van der Waals surface area (Å²) in [6.07, 6.45) is 0.549. The SMILES string of the molecule is COC(CNC(CCO)C(C)C)OC. The molecule has 0 spiro atoms. The van der Waals surface area contributed by atoms with Crippen LogP contribution in [0.3, 0.4) is 0 Å². The third kappa shape index (κ3) is 5.54. The number of rotatable bonds is 8. The molecular formula is C10H23NO3. The summed E-state index contributed by atoms with van der Waals surface area (Å²) in [5.41, 5.74) is 0. The molecular weight excluding hydrogens is 182 g/mol. The van der Waals surface area contributed by atoms with Gasteiger partial charge in [-0.25, -0.2) is 0 Å². The van der Waals surface area contributed by atoms with Gasteiger partial charge in [0.15, 0.2) is 6.29 Å². The molecule has 0 aromatic heterocycles. The molecule has 1 unspecified atom stereocenters. The molecule has 4 nitrogen and oxygen atoms in total. The third-order valence-corrected chi connectivity index (χ3v) is 2.32. The first-order valence-electron chi connectivity index (χ1n) is 5.05. The summed E-state index contributed by atoms with van der Waals surface area (Å²) in [7, 11) is 3.23. The highest BCUT2D eigenvalue weighted by atomic mass is 16.7. The molecule has 0 radical (unpaired) electrons. The predicted octanol–water partition coefficient (Wildman–Crippen LogP) is 0.602. The Morgan fingerprint density at radius 2 is 1.79 bits per heavy atom. The summed E-state index contributed by atoms with van der Waals surface area (Å²) < 4.78 is 10.1. The first-order chi connectivity index (χ1) is 6.65. The summed E-state index contributed by atoms with van der Waals surface area (Å²) in [5, 5.41) is 12.2. The zero-order valence-electron chi connectivity index (χ0n) is 9.62. The van der Waals surface area contributed by atoms with E-state index in [1.165, 1.54) is 0 Å². The third-order valence-electron chi connectivity index (χ3n) is 2.32. The number of aliphatic hydroxyl groups excluding tert-OH is 1. The summed E-state index contributed by atoms with van der Waals surface area (Å²) in [6, 6.07) is 0.313. The Hall–Kier alpha value is -0.160. The molecule has 14 heavy (non-hydrogen) atoms. The summed E-state index contributed by atoms with van der Waals surface area (Å²) in [5.74, 6) is 0.497. The van der Waals surface area contributed by atoms with E-state index in [1.54, 1.807) is 14.2 Å². The molecule has 1 atom stereocenters. The zero-order valence-corrected chi connectivity index (χ0v) is 9.62. The van der Waals surface area contributed by atoms with E-state index in [2.05, 4.69) is 19.2 Å². The van der Waals surface area contributed by atoms with E-state index in [1.807, 2.05) is 0 Å². The average molecular weight is 205 g/mol. The average Bonchev–Trinajstić information content (AvgIpc) is 2.17. The number of nitrogens with one attached hydrogen (secondary N) is 1. The second-order valence-electron chi connectivity index (χ2n) is 3.67. The number of methoxy groups -OCH3 is 2. The first kappa shape index (κ1) is 13.8. The summed E-state index contributed by atoms with van der Waals surface area (Å²) in [6.45, 7) is 5.11. The van der Waals surface area contributed by atoms with Gasteiger partial charge in [-0.15, -0.1) is 0 Å². The van der Waals surface area contributed by atoms with Crippen LogP contribution in [0.25, 0.3) is 0 Å². The topological polar surface area (TPSA) is 50.7 Å². The Bertz CT molecular complexity index is 127. The van der Waals surface area contributed by atoms with Gasteiger partial charge >= 0.3 is 0 Å². The van der Waals surface area contributed by atoms with Crippen LogP contribution in [0.15, 0.2) is 0 Å². The van der Waals surface area contributed by atoms with Gasteiger partial charge in [-0.2, -0.15) is 0 Å². The van der Waals surface area contributed by atoms with Crippen LogP contribution in [0, 0.1) is 5.92 Å². The van der Waals surface area contributed by atoms with E-state index >= 15 is 0 Å². The van der Waals surface area contributed by atoms with Crippen molar-refractivity contribution in [2.75, 3.05) is 27.4 Å². The fraction of sp³-hybridized carbons (Fsp3) is 1.00. The van der Waals surface area contributed by atoms with Crippen LogP contribution < -0.4 is 5.32 Å². The van der Waals surface area contributed by atoms with Crippen LogP contribution in [0.4, 0.5) is 0 Å². The van der Waals surface area contributed by atoms with Crippen molar-refractivity contribution < 1.29 is 14.6 Å². The largest absolute Gasteiger partial charge is 0.396 e. The smallest absolute Gasteiger partial charge is 0.169 e. The molecule has 0 amide bonds. The lowest BCUT2D eigenvalue weighted by molar-refractivity contribution is -0.101. The van der Waals surface area contributed by atoms with Crippen molar-refractivity contribution in [3.63, 3.8) is 0 Å². The van der Waals surface area contributed by atoms with Crippen molar-refractivity contribution in [2.24, 2.45) is 5.92 Å². The van der Waals surface area contributed by atoms with Crippen LogP contribution in [0.5, 0.6) is 0 Å². The molecule has 0 aliphatic carbocycles. The molecule has 0 saturated carbocycles. The van der Waals surface area contributed by atoms with Gasteiger partial charge in [0, 0.05) is 33.4 Å². The summed E-state index contributed by atoms with van der Waals surface area (Å²) >= 11 is 0. The molecule has 86 valence electrons. The summed E-state index contributed by atoms with van der Waals surface area (Å²) in [4.78, 5) is 0. The molecule has 2 N–H and O–H groups in total. The Morgan fingerprint density at radius 1 is 1.21 bits per heavy atom. The van der Waals surface area contributed by atoms with E-state index in [9.17, 15) is 0 Å². The van der Waals surface area contributed by atoms with Crippen molar-refractivity contribution in [3.8, 4) is 0 Å². The fourth-order valence-corrected chi connectivity index (χ4v) is 1.32. The van der Waals surface area contributed by atoms with Crippen molar-refractivity contribution >= 4 is 0 Å². The monoisotopic (exact) mass is 205 g/mol. The van der Waals surface area contributed by atoms with E-state index < -0.39 is 0 Å². The Kier molecular flexibility index (Phi) is 8.08. The first-order valence-corrected chi connectivity index (χ1v) is 5.05. The number of hydrogen-bond acceptors (Lipinski definition) is 4. The molecule has 0 saturated heterocycles. The highest BCUT2D eigenvalue weighted by Crippen LogP contribution is 2.05. The maximum Gasteiger partial charge on any atom is 0.169 e. The molecule has 0 fully saturated rings. The van der Waals surface area contributed by atoms with Crippen molar-refractivity contribution in [3.05, 3.63) is 0 Å². The number of aliphatic hydroxyl groups is 1. The lowest BCUT2D eigenvalue weighted by Crippen LogP contribution is -2.40. The van der Waals surface area contributed by atoms with Crippen LogP contribution in [-0.2, 0) is 9.47 Å². The van der Waals surface area contributed by atoms with Gasteiger partial charge < -0.3 is 19.9 Å². The molecule has 0 bridgehead atoms. The maximum atomic E-state index is 8.86. The standard InChI is InChI=1S/C10H23NO3/c1-8(2)9(5-6-12)11-7-10(13-3)14-4/h8-12H,5-7H2,1-4H3. The minimum atomic E-state index is -0.213. The highest BCUT2D eigenvalue weighted by molar-refractivity contribution is 4.70. The van der Waals surface area contributed by atoms with E-state index in [4.69, 9.17) is 14.6 Å². The van der Waals surface area contributed by atoms with E-state index in [-0.39, 0.29) is 12.9 Å². The molecule has 0 aliphatic heterocycles. The highest BCUT2D eigenvalue weighted by Gasteiger charge is 2.14. The Morgan fingerprint density at radius 3 is 2.14 bits per heavy atom. The van der Waals surface area contributed by atoms with Gasteiger partial charge in [0.25, 0.3) is 0 Å². The minimum Gasteiger partial charge on any atom is -0.396 e. The van der Waals surface area contributed by atoms with Gasteiger partial charge in [0.1, 0.15) is 0 Å². The van der Waals surface area contributed by atoms with E-state index in [0.717, 1.165) is 6.42 Å². The Labute approximate surface area is 86.6 Å². The van der Waals surface area contributed by atoms with Crippen LogP contribution in [0.2, 0.25) is 0 Å². The fourth-order valence-electron chi connectivity index (χ4n) is 1.32. The number of hydrogen-bond donors (Lipinski definition) is 2. The molecule has 0 aromatic rings. The second kappa shape index (κ2) is 8.17. The van der Waals surface area contributed by atoms with Gasteiger partial charge in [-0.05, 0) is 12.3 Å². The van der Waals surface area contributed by atoms with Gasteiger partial charge in [-0.1, -0.05) is 13.8 Å². The quantitative estimate of drug-likeness (QED) is 0.570. The van der Waals surface area contributed by atoms with Crippen LogP contribution >= 0.6 is 0 Å². The van der Waals surface area contributed by atoms with Crippen molar-refractivity contribution in [2.45, 2.75) is 32.6 Å².